The van der Waals surface area contributed by atoms with E-state index in [4.69, 9.17) is 9.47 Å². The number of hydrogen-bond donors (Lipinski definition) is 0. The second-order valence-corrected chi connectivity index (χ2v) is 6.85. The topological polar surface area (TPSA) is 59.1 Å². The Hall–Kier alpha value is -1.99. The number of ether oxygens (including phenoxy) is 2. The monoisotopic (exact) mass is 362 g/mol. The number of anilines is 1. The number of benzene rings is 1. The van der Waals surface area contributed by atoms with Gasteiger partial charge in [-0.25, -0.2) is 0 Å². The zero-order valence-corrected chi connectivity index (χ0v) is 15.3. The van der Waals surface area contributed by atoms with Crippen LogP contribution >= 0.6 is 11.8 Å². The van der Waals surface area contributed by atoms with Gasteiger partial charge in [0.05, 0.1) is 25.2 Å². The van der Waals surface area contributed by atoms with Gasteiger partial charge in [-0.1, -0.05) is 6.92 Å². The summed E-state index contributed by atoms with van der Waals surface area (Å²) in [7, 11) is 1.61. The van der Waals surface area contributed by atoms with Crippen molar-refractivity contribution in [2.24, 2.45) is 0 Å². The van der Waals surface area contributed by atoms with Crippen molar-refractivity contribution in [3.05, 3.63) is 28.7 Å². The molecule has 2 aliphatic heterocycles. The van der Waals surface area contributed by atoms with E-state index in [2.05, 4.69) is 4.90 Å². The van der Waals surface area contributed by atoms with E-state index in [1.54, 1.807) is 13.2 Å². The molecule has 1 aromatic carbocycles. The molecule has 0 aliphatic carbocycles. The summed E-state index contributed by atoms with van der Waals surface area (Å²) in [6.45, 7) is 5.52. The van der Waals surface area contributed by atoms with Crippen molar-refractivity contribution < 1.29 is 19.1 Å². The third-order valence-corrected chi connectivity index (χ3v) is 5.11. The Kier molecular flexibility index (Phi) is 5.65. The molecule has 2 aliphatic rings. The zero-order valence-electron chi connectivity index (χ0n) is 14.5. The van der Waals surface area contributed by atoms with Gasteiger partial charge in [0.1, 0.15) is 5.75 Å². The number of rotatable bonds is 5. The molecular weight excluding hydrogens is 340 g/mol. The third kappa shape index (κ3) is 3.82. The summed E-state index contributed by atoms with van der Waals surface area (Å²) in [4.78, 5) is 28.3. The maximum Gasteiger partial charge on any atom is 0.293 e. The number of carbonyl (C=O) groups excluding carboxylic acids is 2. The second-order valence-electron chi connectivity index (χ2n) is 5.86. The molecule has 0 N–H and O–H groups in total. The number of carbonyl (C=O) groups is 2. The van der Waals surface area contributed by atoms with Crippen molar-refractivity contribution in [2.75, 3.05) is 44.9 Å². The fourth-order valence-electron chi connectivity index (χ4n) is 2.89. The summed E-state index contributed by atoms with van der Waals surface area (Å²) in [5.41, 5.74) is 1.86. The Morgan fingerprint density at radius 1 is 1.28 bits per heavy atom. The molecule has 134 valence electrons. The van der Waals surface area contributed by atoms with Gasteiger partial charge in [-0.15, -0.1) is 0 Å². The van der Waals surface area contributed by atoms with Crippen LogP contribution in [0.25, 0.3) is 6.08 Å². The minimum Gasteiger partial charge on any atom is -0.496 e. The van der Waals surface area contributed by atoms with Crippen molar-refractivity contribution in [2.45, 2.75) is 13.3 Å². The first kappa shape index (κ1) is 17.8. The van der Waals surface area contributed by atoms with Gasteiger partial charge in [0.25, 0.3) is 11.1 Å². The van der Waals surface area contributed by atoms with Crippen LogP contribution in [0.4, 0.5) is 10.5 Å². The first-order valence-electron chi connectivity index (χ1n) is 8.40. The quantitative estimate of drug-likeness (QED) is 0.751. The predicted octanol–water partition coefficient (Wildman–Crippen LogP) is 2.98. The molecule has 6 nitrogen and oxygen atoms in total. The Balaban J connectivity index is 1.85. The summed E-state index contributed by atoms with van der Waals surface area (Å²) < 4.78 is 10.9. The highest BCUT2D eigenvalue weighted by Gasteiger charge is 2.34. The van der Waals surface area contributed by atoms with E-state index < -0.39 is 0 Å². The summed E-state index contributed by atoms with van der Waals surface area (Å²) in [6, 6.07) is 5.90. The van der Waals surface area contributed by atoms with Crippen molar-refractivity contribution in [1.82, 2.24) is 4.90 Å². The summed E-state index contributed by atoms with van der Waals surface area (Å²) >= 11 is 0.984. The van der Waals surface area contributed by atoms with Gasteiger partial charge in [-0.2, -0.15) is 0 Å². The SMILES string of the molecule is CCCN1C(=O)S/C(=C\c2ccc(N3CCOCC3)cc2OC)C1=O. The molecule has 3 rings (SSSR count). The van der Waals surface area contributed by atoms with E-state index in [-0.39, 0.29) is 11.1 Å². The molecular formula is C18H22N2O4S. The molecule has 2 fully saturated rings. The van der Waals surface area contributed by atoms with Crippen LogP contribution in [0.3, 0.4) is 0 Å². The fourth-order valence-corrected chi connectivity index (χ4v) is 3.75. The summed E-state index contributed by atoms with van der Waals surface area (Å²) in [6.07, 6.45) is 2.49. The Morgan fingerprint density at radius 3 is 2.72 bits per heavy atom. The molecule has 0 spiro atoms. The lowest BCUT2D eigenvalue weighted by atomic mass is 10.1. The Morgan fingerprint density at radius 2 is 2.04 bits per heavy atom. The molecule has 0 saturated carbocycles. The molecule has 2 heterocycles. The average Bonchev–Trinajstić information content (AvgIpc) is 2.90. The normalized spacial score (nSPS) is 19.8. The minimum absolute atomic E-state index is 0.206. The van der Waals surface area contributed by atoms with Crippen molar-refractivity contribution in [1.29, 1.82) is 0 Å². The average molecular weight is 362 g/mol. The van der Waals surface area contributed by atoms with Crippen LogP contribution < -0.4 is 9.64 Å². The molecule has 0 atom stereocenters. The number of hydrogen-bond acceptors (Lipinski definition) is 6. The zero-order chi connectivity index (χ0) is 17.8. The van der Waals surface area contributed by atoms with Crippen LogP contribution in [0.1, 0.15) is 18.9 Å². The van der Waals surface area contributed by atoms with Gasteiger partial charge in [-0.3, -0.25) is 14.5 Å². The highest BCUT2D eigenvalue weighted by molar-refractivity contribution is 8.18. The number of nitrogens with zero attached hydrogens (tertiary/aromatic N) is 2. The van der Waals surface area contributed by atoms with E-state index >= 15 is 0 Å². The highest BCUT2D eigenvalue weighted by atomic mass is 32.2. The molecule has 0 bridgehead atoms. The minimum atomic E-state index is -0.226. The Bertz CT molecular complexity index is 698. The van der Waals surface area contributed by atoms with Crippen LogP contribution in [-0.4, -0.2) is 56.0 Å². The standard InChI is InChI=1S/C18H22N2O4S/c1-3-6-20-17(21)16(25-18(20)22)11-13-4-5-14(12-15(13)23-2)19-7-9-24-10-8-19/h4-5,11-12H,3,6-10H2,1-2H3/b16-11-. The second kappa shape index (κ2) is 7.93. The maximum absolute atomic E-state index is 12.4. The van der Waals surface area contributed by atoms with Gasteiger partial charge in [0.2, 0.25) is 0 Å². The van der Waals surface area contributed by atoms with E-state index in [9.17, 15) is 9.59 Å². The van der Waals surface area contributed by atoms with Crippen molar-refractivity contribution in [3.63, 3.8) is 0 Å². The summed E-state index contributed by atoms with van der Waals surface area (Å²) in [5.74, 6) is 0.461. The third-order valence-electron chi connectivity index (χ3n) is 4.20. The van der Waals surface area contributed by atoms with Crippen LogP contribution in [0.5, 0.6) is 5.75 Å². The lowest BCUT2D eigenvalue weighted by Gasteiger charge is -2.29. The van der Waals surface area contributed by atoms with Gasteiger partial charge in [0, 0.05) is 37.0 Å². The molecule has 25 heavy (non-hydrogen) atoms. The first-order valence-corrected chi connectivity index (χ1v) is 9.21. The van der Waals surface area contributed by atoms with Gasteiger partial charge >= 0.3 is 0 Å². The largest absolute Gasteiger partial charge is 0.496 e. The highest BCUT2D eigenvalue weighted by Crippen LogP contribution is 2.35. The van der Waals surface area contributed by atoms with Gasteiger partial charge in [-0.05, 0) is 36.4 Å². The van der Waals surface area contributed by atoms with E-state index in [0.717, 1.165) is 42.5 Å². The van der Waals surface area contributed by atoms with Crippen LogP contribution in [0.15, 0.2) is 23.1 Å². The molecule has 2 saturated heterocycles. The number of amides is 2. The molecule has 7 heteroatoms. The number of imide groups is 1. The lowest BCUT2D eigenvalue weighted by Crippen LogP contribution is -2.36. The molecule has 0 radical (unpaired) electrons. The van der Waals surface area contributed by atoms with Crippen LogP contribution in [0.2, 0.25) is 0 Å². The molecule has 1 aromatic rings. The number of morpholine rings is 1. The predicted molar refractivity (Wildman–Crippen MR) is 99.0 cm³/mol. The van der Waals surface area contributed by atoms with E-state index in [0.29, 0.717) is 30.4 Å². The summed E-state index contributed by atoms with van der Waals surface area (Å²) in [5, 5.41) is -0.206. The van der Waals surface area contributed by atoms with E-state index in [1.165, 1.54) is 4.90 Å². The van der Waals surface area contributed by atoms with Crippen molar-refractivity contribution in [3.8, 4) is 5.75 Å². The maximum atomic E-state index is 12.4. The molecule has 0 aromatic heterocycles. The van der Waals surface area contributed by atoms with Gasteiger partial charge in [0.15, 0.2) is 0 Å². The Labute approximate surface area is 151 Å². The smallest absolute Gasteiger partial charge is 0.293 e. The van der Waals surface area contributed by atoms with Crippen molar-refractivity contribution >= 4 is 34.7 Å². The lowest BCUT2D eigenvalue weighted by molar-refractivity contribution is -0.122. The molecule has 0 unspecified atom stereocenters. The van der Waals surface area contributed by atoms with Gasteiger partial charge < -0.3 is 14.4 Å². The van der Waals surface area contributed by atoms with Crippen LogP contribution in [-0.2, 0) is 9.53 Å². The number of methoxy groups -OCH3 is 1. The fraction of sp³-hybridized carbons (Fsp3) is 0.444. The number of thioether (sulfide) groups is 1. The van der Waals surface area contributed by atoms with E-state index in [1.807, 2.05) is 25.1 Å². The first-order chi connectivity index (χ1) is 12.1. The molecule has 2 amide bonds. The van der Waals surface area contributed by atoms with Crippen LogP contribution in [0, 0.1) is 0 Å².